The maximum absolute atomic E-state index is 13.7. The molecular formula is C21H23F2NO. The Morgan fingerprint density at radius 2 is 1.76 bits per heavy atom. The fourth-order valence-corrected chi connectivity index (χ4v) is 3.77. The molecule has 0 heterocycles. The van der Waals surface area contributed by atoms with E-state index >= 15 is 0 Å². The van der Waals surface area contributed by atoms with Crippen molar-refractivity contribution in [3.63, 3.8) is 0 Å². The molecule has 0 bridgehead atoms. The Bertz CT molecular complexity index is 738. The van der Waals surface area contributed by atoms with Crippen LogP contribution in [-0.4, -0.2) is 12.5 Å². The third kappa shape index (κ3) is 3.89. The number of amides is 1. The maximum Gasteiger partial charge on any atom is 0.230 e. The van der Waals surface area contributed by atoms with Crippen LogP contribution in [0.15, 0.2) is 48.5 Å². The number of hydrogen-bond acceptors (Lipinski definition) is 1. The van der Waals surface area contributed by atoms with Crippen LogP contribution in [0.25, 0.3) is 0 Å². The van der Waals surface area contributed by atoms with Gasteiger partial charge >= 0.3 is 0 Å². The Hall–Kier alpha value is -2.23. The zero-order chi connectivity index (χ0) is 17.7. The minimum Gasteiger partial charge on any atom is -0.355 e. The Kier molecular flexibility index (Phi) is 5.47. The van der Waals surface area contributed by atoms with E-state index in [1.807, 2.05) is 6.07 Å². The monoisotopic (exact) mass is 343 g/mol. The van der Waals surface area contributed by atoms with Crippen LogP contribution in [0.2, 0.25) is 0 Å². The van der Waals surface area contributed by atoms with Crippen LogP contribution in [-0.2, 0) is 16.6 Å². The van der Waals surface area contributed by atoms with E-state index in [0.29, 0.717) is 18.5 Å². The Balaban J connectivity index is 1.73. The van der Waals surface area contributed by atoms with Crippen LogP contribution in [0, 0.1) is 11.6 Å². The van der Waals surface area contributed by atoms with Crippen molar-refractivity contribution in [2.24, 2.45) is 0 Å². The highest BCUT2D eigenvalue weighted by molar-refractivity contribution is 5.88. The molecule has 2 aromatic rings. The molecule has 2 nitrogen and oxygen atoms in total. The van der Waals surface area contributed by atoms with Gasteiger partial charge in [0.25, 0.3) is 0 Å². The highest BCUT2D eigenvalue weighted by Gasteiger charge is 2.41. The van der Waals surface area contributed by atoms with Gasteiger partial charge in [-0.05, 0) is 48.6 Å². The summed E-state index contributed by atoms with van der Waals surface area (Å²) >= 11 is 0. The average molecular weight is 343 g/mol. The van der Waals surface area contributed by atoms with Crippen molar-refractivity contribution in [2.45, 2.75) is 43.9 Å². The lowest BCUT2D eigenvalue weighted by Gasteiger charge is -2.36. The molecule has 132 valence electrons. The van der Waals surface area contributed by atoms with Crippen molar-refractivity contribution in [3.05, 3.63) is 71.3 Å². The van der Waals surface area contributed by atoms with E-state index in [1.54, 1.807) is 24.3 Å². The second kappa shape index (κ2) is 7.77. The Labute approximate surface area is 147 Å². The third-order valence-corrected chi connectivity index (χ3v) is 5.16. The van der Waals surface area contributed by atoms with Crippen molar-refractivity contribution < 1.29 is 13.6 Å². The lowest BCUT2D eigenvalue weighted by molar-refractivity contribution is -0.128. The summed E-state index contributed by atoms with van der Waals surface area (Å²) in [4.78, 5) is 13.0. The van der Waals surface area contributed by atoms with E-state index in [2.05, 4.69) is 5.32 Å². The van der Waals surface area contributed by atoms with E-state index in [4.69, 9.17) is 0 Å². The SMILES string of the molecule is O=C(NCCc1ccccc1F)C1(c2cccc(F)c2)CCCCC1. The number of nitrogens with one attached hydrogen (secondary N) is 1. The molecule has 1 saturated carbocycles. The molecule has 0 radical (unpaired) electrons. The lowest BCUT2D eigenvalue weighted by Crippen LogP contribution is -2.46. The van der Waals surface area contributed by atoms with Crippen molar-refractivity contribution >= 4 is 5.91 Å². The summed E-state index contributed by atoms with van der Waals surface area (Å²) in [5.41, 5.74) is 0.664. The van der Waals surface area contributed by atoms with Gasteiger partial charge < -0.3 is 5.32 Å². The van der Waals surface area contributed by atoms with Gasteiger partial charge in [0.1, 0.15) is 11.6 Å². The van der Waals surface area contributed by atoms with Crippen molar-refractivity contribution in [3.8, 4) is 0 Å². The van der Waals surface area contributed by atoms with Gasteiger partial charge in [0.15, 0.2) is 0 Å². The molecule has 0 aromatic heterocycles. The molecule has 0 saturated heterocycles. The quantitative estimate of drug-likeness (QED) is 0.849. The van der Waals surface area contributed by atoms with E-state index in [0.717, 1.165) is 37.7 Å². The minimum absolute atomic E-state index is 0.0749. The summed E-state index contributed by atoms with van der Waals surface area (Å²) in [5, 5.41) is 2.96. The molecule has 0 aliphatic heterocycles. The van der Waals surface area contributed by atoms with E-state index in [1.165, 1.54) is 18.2 Å². The fraction of sp³-hybridized carbons (Fsp3) is 0.381. The van der Waals surface area contributed by atoms with Crippen molar-refractivity contribution in [1.29, 1.82) is 0 Å². The molecule has 3 rings (SSSR count). The van der Waals surface area contributed by atoms with Crippen LogP contribution in [0.3, 0.4) is 0 Å². The number of hydrogen-bond donors (Lipinski definition) is 1. The Morgan fingerprint density at radius 1 is 1.00 bits per heavy atom. The lowest BCUT2D eigenvalue weighted by atomic mass is 9.68. The summed E-state index contributed by atoms with van der Waals surface area (Å²) in [5.74, 6) is -0.648. The van der Waals surface area contributed by atoms with Gasteiger partial charge in [-0.25, -0.2) is 8.78 Å². The summed E-state index contributed by atoms with van der Waals surface area (Å²) in [6, 6.07) is 13.0. The Morgan fingerprint density at radius 3 is 2.48 bits per heavy atom. The maximum atomic E-state index is 13.7. The number of rotatable bonds is 5. The highest BCUT2D eigenvalue weighted by Crippen LogP contribution is 2.40. The number of carbonyl (C=O) groups excluding carboxylic acids is 1. The number of carbonyl (C=O) groups is 1. The van der Waals surface area contributed by atoms with Gasteiger partial charge in [0.05, 0.1) is 5.41 Å². The first kappa shape index (κ1) is 17.6. The largest absolute Gasteiger partial charge is 0.355 e. The summed E-state index contributed by atoms with van der Waals surface area (Å²) in [6.45, 7) is 0.372. The first-order valence-corrected chi connectivity index (χ1v) is 8.90. The smallest absolute Gasteiger partial charge is 0.230 e. The van der Waals surface area contributed by atoms with Gasteiger partial charge in [0.2, 0.25) is 5.91 Å². The molecule has 1 amide bonds. The highest BCUT2D eigenvalue weighted by atomic mass is 19.1. The standard InChI is InChI=1S/C21H23F2NO/c22-18-9-6-8-17(15-18)21(12-4-1-5-13-21)20(25)24-14-11-16-7-2-3-10-19(16)23/h2-3,6-10,15H,1,4-5,11-14H2,(H,24,25). The zero-order valence-electron chi connectivity index (χ0n) is 14.2. The molecule has 1 N–H and O–H groups in total. The number of halogens is 2. The van der Waals surface area contributed by atoms with Crippen molar-refractivity contribution in [1.82, 2.24) is 5.32 Å². The third-order valence-electron chi connectivity index (χ3n) is 5.16. The average Bonchev–Trinajstić information content (AvgIpc) is 2.64. The fourth-order valence-electron chi connectivity index (χ4n) is 3.77. The molecule has 1 aliphatic carbocycles. The molecule has 4 heteroatoms. The summed E-state index contributed by atoms with van der Waals surface area (Å²) in [6.07, 6.45) is 4.90. The van der Waals surface area contributed by atoms with Gasteiger partial charge in [-0.1, -0.05) is 49.6 Å². The van der Waals surface area contributed by atoms with Gasteiger partial charge in [0, 0.05) is 6.54 Å². The molecule has 0 atom stereocenters. The van der Waals surface area contributed by atoms with Crippen molar-refractivity contribution in [2.75, 3.05) is 6.54 Å². The summed E-state index contributed by atoms with van der Waals surface area (Å²) in [7, 11) is 0. The van der Waals surface area contributed by atoms with Crippen LogP contribution in [0.4, 0.5) is 8.78 Å². The molecule has 1 fully saturated rings. The first-order chi connectivity index (χ1) is 12.1. The van der Waals surface area contributed by atoms with Crippen LogP contribution in [0.5, 0.6) is 0 Å². The molecule has 25 heavy (non-hydrogen) atoms. The first-order valence-electron chi connectivity index (χ1n) is 8.90. The van der Waals surface area contributed by atoms with Crippen LogP contribution < -0.4 is 5.32 Å². The van der Waals surface area contributed by atoms with E-state index in [-0.39, 0.29) is 17.5 Å². The second-order valence-electron chi connectivity index (χ2n) is 6.75. The molecule has 0 spiro atoms. The summed E-state index contributed by atoms with van der Waals surface area (Å²) < 4.78 is 27.4. The van der Waals surface area contributed by atoms with Gasteiger partial charge in [-0.2, -0.15) is 0 Å². The zero-order valence-corrected chi connectivity index (χ0v) is 14.2. The van der Waals surface area contributed by atoms with E-state index in [9.17, 15) is 13.6 Å². The predicted molar refractivity (Wildman–Crippen MR) is 94.3 cm³/mol. The predicted octanol–water partition coefficient (Wildman–Crippen LogP) is 4.53. The van der Waals surface area contributed by atoms with Crippen LogP contribution in [0.1, 0.15) is 43.2 Å². The molecule has 2 aromatic carbocycles. The molecule has 0 unspecified atom stereocenters. The topological polar surface area (TPSA) is 29.1 Å². The van der Waals surface area contributed by atoms with E-state index < -0.39 is 5.41 Å². The second-order valence-corrected chi connectivity index (χ2v) is 6.75. The van der Waals surface area contributed by atoms with Gasteiger partial charge in [-0.15, -0.1) is 0 Å². The van der Waals surface area contributed by atoms with Gasteiger partial charge in [-0.3, -0.25) is 4.79 Å². The normalized spacial score (nSPS) is 16.4. The van der Waals surface area contributed by atoms with Crippen LogP contribution >= 0.6 is 0 Å². The molecular weight excluding hydrogens is 320 g/mol. The number of benzene rings is 2. The molecule has 1 aliphatic rings. The minimum atomic E-state index is -0.671.